The Bertz CT molecular complexity index is 820. The van der Waals surface area contributed by atoms with Gasteiger partial charge in [0.15, 0.2) is 0 Å². The van der Waals surface area contributed by atoms with Crippen molar-refractivity contribution in [3.8, 4) is 5.69 Å². The zero-order valence-corrected chi connectivity index (χ0v) is 12.3. The van der Waals surface area contributed by atoms with Gasteiger partial charge in [0.05, 0.1) is 23.6 Å². The van der Waals surface area contributed by atoms with Gasteiger partial charge in [-0.2, -0.15) is 0 Å². The first-order valence-corrected chi connectivity index (χ1v) is 6.92. The third-order valence-electron chi connectivity index (χ3n) is 3.17. The van der Waals surface area contributed by atoms with Crippen molar-refractivity contribution in [1.82, 2.24) is 20.0 Å². The summed E-state index contributed by atoms with van der Waals surface area (Å²) in [5.41, 5.74) is 1.39. The van der Waals surface area contributed by atoms with Crippen LogP contribution >= 0.6 is 0 Å². The molecule has 7 heteroatoms. The normalized spacial score (nSPS) is 11.9. The van der Waals surface area contributed by atoms with Gasteiger partial charge in [-0.3, -0.25) is 4.98 Å². The lowest BCUT2D eigenvalue weighted by atomic mass is 10.2. The first-order chi connectivity index (χ1) is 11.1. The summed E-state index contributed by atoms with van der Waals surface area (Å²) in [7, 11) is 0. The van der Waals surface area contributed by atoms with E-state index < -0.39 is 17.9 Å². The van der Waals surface area contributed by atoms with Crippen molar-refractivity contribution in [2.45, 2.75) is 13.0 Å². The van der Waals surface area contributed by atoms with Crippen molar-refractivity contribution in [2.24, 2.45) is 0 Å². The molecule has 1 atom stereocenters. The highest BCUT2D eigenvalue weighted by molar-refractivity contribution is 5.89. The van der Waals surface area contributed by atoms with Crippen LogP contribution in [0.4, 0.5) is 4.39 Å². The number of aromatic nitrogens is 4. The lowest BCUT2D eigenvalue weighted by Gasteiger charge is -2.10. The highest BCUT2D eigenvalue weighted by Crippen LogP contribution is 2.17. The van der Waals surface area contributed by atoms with Crippen molar-refractivity contribution in [1.29, 1.82) is 0 Å². The molecule has 0 radical (unpaired) electrons. The van der Waals surface area contributed by atoms with Gasteiger partial charge >= 0.3 is 5.97 Å². The van der Waals surface area contributed by atoms with Gasteiger partial charge in [-0.1, -0.05) is 23.4 Å². The Hall–Kier alpha value is -3.09. The van der Waals surface area contributed by atoms with Crippen LogP contribution in [0.1, 0.15) is 29.1 Å². The SMILES string of the molecule is C[C@H](OC(=O)c1cncc(F)c1)c1cn(-c2ccccc2)nn1. The fraction of sp³-hybridized carbons (Fsp3) is 0.125. The number of hydrogen-bond acceptors (Lipinski definition) is 5. The molecule has 3 rings (SSSR count). The topological polar surface area (TPSA) is 69.9 Å². The maximum atomic E-state index is 13.1. The lowest BCUT2D eigenvalue weighted by Crippen LogP contribution is -2.10. The summed E-state index contributed by atoms with van der Waals surface area (Å²) in [5, 5.41) is 8.01. The summed E-state index contributed by atoms with van der Waals surface area (Å²) < 4.78 is 19.9. The molecule has 0 saturated heterocycles. The van der Waals surface area contributed by atoms with E-state index in [1.807, 2.05) is 30.3 Å². The number of para-hydroxylation sites is 1. The van der Waals surface area contributed by atoms with E-state index in [-0.39, 0.29) is 5.56 Å². The van der Waals surface area contributed by atoms with Crippen LogP contribution in [0.5, 0.6) is 0 Å². The van der Waals surface area contributed by atoms with Crippen LogP contribution in [-0.2, 0) is 4.74 Å². The molecule has 0 spiro atoms. The Kier molecular flexibility index (Phi) is 4.09. The number of benzene rings is 1. The van der Waals surface area contributed by atoms with Crippen molar-refractivity contribution in [2.75, 3.05) is 0 Å². The number of ether oxygens (including phenoxy) is 1. The third kappa shape index (κ3) is 3.39. The van der Waals surface area contributed by atoms with Crippen LogP contribution in [0, 0.1) is 5.82 Å². The maximum Gasteiger partial charge on any atom is 0.340 e. The largest absolute Gasteiger partial charge is 0.452 e. The number of carbonyl (C=O) groups is 1. The molecule has 0 aliphatic heterocycles. The van der Waals surface area contributed by atoms with Gasteiger partial charge in [0.2, 0.25) is 0 Å². The summed E-state index contributed by atoms with van der Waals surface area (Å²) >= 11 is 0. The molecule has 3 aromatic rings. The van der Waals surface area contributed by atoms with Crippen LogP contribution in [0.2, 0.25) is 0 Å². The van der Waals surface area contributed by atoms with E-state index in [4.69, 9.17) is 4.74 Å². The molecule has 23 heavy (non-hydrogen) atoms. The van der Waals surface area contributed by atoms with Crippen molar-refractivity contribution in [3.63, 3.8) is 0 Å². The Labute approximate surface area is 131 Å². The number of hydrogen-bond donors (Lipinski definition) is 0. The molecule has 0 unspecified atom stereocenters. The lowest BCUT2D eigenvalue weighted by molar-refractivity contribution is 0.0328. The summed E-state index contributed by atoms with van der Waals surface area (Å²) in [6.45, 7) is 1.67. The van der Waals surface area contributed by atoms with Crippen LogP contribution in [-0.4, -0.2) is 25.9 Å². The molecule has 0 aliphatic rings. The maximum absolute atomic E-state index is 13.1. The Morgan fingerprint density at radius 2 is 2.04 bits per heavy atom. The van der Waals surface area contributed by atoms with Crippen LogP contribution in [0.15, 0.2) is 55.0 Å². The summed E-state index contributed by atoms with van der Waals surface area (Å²) in [5.74, 6) is -1.26. The zero-order chi connectivity index (χ0) is 16.2. The second-order valence-electron chi connectivity index (χ2n) is 4.86. The van der Waals surface area contributed by atoms with Gasteiger partial charge in [-0.15, -0.1) is 5.10 Å². The van der Waals surface area contributed by atoms with Gasteiger partial charge in [-0.05, 0) is 25.1 Å². The summed E-state index contributed by atoms with van der Waals surface area (Å²) in [4.78, 5) is 15.6. The molecule has 6 nitrogen and oxygen atoms in total. The first kappa shape index (κ1) is 14.8. The van der Waals surface area contributed by atoms with Gasteiger partial charge in [0.25, 0.3) is 0 Å². The third-order valence-corrected chi connectivity index (χ3v) is 3.17. The van der Waals surface area contributed by atoms with E-state index in [0.717, 1.165) is 18.0 Å². The molecule has 0 aliphatic carbocycles. The molecule has 2 aromatic heterocycles. The highest BCUT2D eigenvalue weighted by atomic mass is 19.1. The monoisotopic (exact) mass is 312 g/mol. The fourth-order valence-corrected chi connectivity index (χ4v) is 1.98. The molecule has 0 fully saturated rings. The van der Waals surface area contributed by atoms with Crippen molar-refractivity contribution in [3.05, 3.63) is 72.1 Å². The molecular weight excluding hydrogens is 299 g/mol. The predicted molar refractivity (Wildman–Crippen MR) is 79.4 cm³/mol. The minimum Gasteiger partial charge on any atom is -0.452 e. The smallest absolute Gasteiger partial charge is 0.340 e. The number of carbonyl (C=O) groups excluding carboxylic acids is 1. The van der Waals surface area contributed by atoms with Crippen molar-refractivity contribution < 1.29 is 13.9 Å². The van der Waals surface area contributed by atoms with Gasteiger partial charge in [0.1, 0.15) is 17.6 Å². The van der Waals surface area contributed by atoms with Crippen molar-refractivity contribution >= 4 is 5.97 Å². The molecule has 0 amide bonds. The quantitative estimate of drug-likeness (QED) is 0.693. The van der Waals surface area contributed by atoms with Crippen LogP contribution in [0.25, 0.3) is 5.69 Å². The average Bonchev–Trinajstić information content (AvgIpc) is 3.06. The minimum absolute atomic E-state index is 0.0484. The highest BCUT2D eigenvalue weighted by Gasteiger charge is 2.17. The molecular formula is C16H13FN4O2. The molecule has 0 saturated carbocycles. The van der Waals surface area contributed by atoms with Gasteiger partial charge in [-0.25, -0.2) is 13.9 Å². The summed E-state index contributed by atoms with van der Waals surface area (Å²) in [6, 6.07) is 10.5. The number of pyridine rings is 1. The van der Waals surface area contributed by atoms with Crippen LogP contribution in [0.3, 0.4) is 0 Å². The second-order valence-corrected chi connectivity index (χ2v) is 4.86. The number of esters is 1. The molecule has 2 heterocycles. The van der Waals surface area contributed by atoms with Gasteiger partial charge < -0.3 is 4.74 Å². The van der Waals surface area contributed by atoms with E-state index in [0.29, 0.717) is 5.69 Å². The molecule has 0 bridgehead atoms. The standard InChI is InChI=1S/C16H13FN4O2/c1-11(23-16(22)12-7-13(17)9-18-8-12)15-10-21(20-19-15)14-5-3-2-4-6-14/h2-11H,1H3/t11-/m0/s1. The van der Waals surface area contributed by atoms with Crippen LogP contribution < -0.4 is 0 Å². The predicted octanol–water partition coefficient (Wildman–Crippen LogP) is 2.72. The number of nitrogens with zero attached hydrogens (tertiary/aromatic N) is 4. The number of rotatable bonds is 4. The fourth-order valence-electron chi connectivity index (χ4n) is 1.98. The Morgan fingerprint density at radius 1 is 1.26 bits per heavy atom. The average molecular weight is 312 g/mol. The molecule has 0 N–H and O–H groups in total. The molecule has 116 valence electrons. The van der Waals surface area contributed by atoms with E-state index in [1.165, 1.54) is 6.20 Å². The first-order valence-electron chi connectivity index (χ1n) is 6.92. The summed E-state index contributed by atoms with van der Waals surface area (Å²) in [6.07, 6.45) is 3.32. The van der Waals surface area contributed by atoms with E-state index in [2.05, 4.69) is 15.3 Å². The second kappa shape index (κ2) is 6.35. The zero-order valence-electron chi connectivity index (χ0n) is 12.3. The Balaban J connectivity index is 1.73. The minimum atomic E-state index is -0.668. The van der Waals surface area contributed by atoms with Gasteiger partial charge in [0, 0.05) is 6.20 Å². The number of halogens is 1. The Morgan fingerprint density at radius 3 is 2.78 bits per heavy atom. The van der Waals surface area contributed by atoms with E-state index >= 15 is 0 Å². The van der Waals surface area contributed by atoms with E-state index in [9.17, 15) is 9.18 Å². The van der Waals surface area contributed by atoms with E-state index in [1.54, 1.807) is 17.8 Å². The molecule has 1 aromatic carbocycles.